The van der Waals surface area contributed by atoms with Gasteiger partial charge in [-0.1, -0.05) is 29.4 Å². The van der Waals surface area contributed by atoms with Crippen molar-refractivity contribution in [3.05, 3.63) is 58.6 Å². The molecule has 26 heavy (non-hydrogen) atoms. The fourth-order valence-corrected chi connectivity index (χ4v) is 3.04. The molecule has 0 radical (unpaired) electrons. The molecule has 1 N–H and O–H groups in total. The summed E-state index contributed by atoms with van der Waals surface area (Å²) in [6.45, 7) is 5.87. The van der Waals surface area contributed by atoms with Gasteiger partial charge in [-0.25, -0.2) is 0 Å². The summed E-state index contributed by atoms with van der Waals surface area (Å²) < 4.78 is 5.69. The van der Waals surface area contributed by atoms with E-state index < -0.39 is 5.25 Å². The number of hydrogen-bond donors (Lipinski definition) is 1. The first-order chi connectivity index (χ1) is 12.4. The Hall–Kier alpha value is -2.31. The number of nitrogens with zero attached hydrogens (tertiary/aromatic N) is 2. The second kappa shape index (κ2) is 7.93. The van der Waals surface area contributed by atoms with Gasteiger partial charge in [0.2, 0.25) is 11.8 Å². The first-order valence-electron chi connectivity index (χ1n) is 8.06. The summed E-state index contributed by atoms with van der Waals surface area (Å²) >= 11 is 7.06. The third-order valence-corrected chi connectivity index (χ3v) is 5.11. The molecule has 0 bridgehead atoms. The molecule has 0 spiro atoms. The van der Waals surface area contributed by atoms with Crippen molar-refractivity contribution in [2.75, 3.05) is 5.32 Å². The van der Waals surface area contributed by atoms with Gasteiger partial charge in [0, 0.05) is 16.3 Å². The van der Waals surface area contributed by atoms with Crippen molar-refractivity contribution in [1.29, 1.82) is 0 Å². The predicted molar refractivity (Wildman–Crippen MR) is 105 cm³/mol. The Morgan fingerprint density at radius 3 is 2.54 bits per heavy atom. The van der Waals surface area contributed by atoms with E-state index >= 15 is 0 Å². The van der Waals surface area contributed by atoms with Crippen LogP contribution in [0.15, 0.2) is 52.1 Å². The number of nitrogens with one attached hydrogen (secondary N) is 1. The van der Waals surface area contributed by atoms with Crippen molar-refractivity contribution in [1.82, 2.24) is 10.2 Å². The van der Waals surface area contributed by atoms with Gasteiger partial charge in [0.1, 0.15) is 0 Å². The lowest BCUT2D eigenvalue weighted by molar-refractivity contribution is -0.115. The number of thioether (sulfide) groups is 1. The number of anilines is 1. The average molecular weight is 388 g/mol. The quantitative estimate of drug-likeness (QED) is 0.615. The van der Waals surface area contributed by atoms with Crippen LogP contribution in [0.3, 0.4) is 0 Å². The van der Waals surface area contributed by atoms with Gasteiger partial charge in [-0.15, -0.1) is 10.2 Å². The van der Waals surface area contributed by atoms with Gasteiger partial charge in [-0.05, 0) is 68.3 Å². The molecule has 3 aromatic rings. The zero-order valence-electron chi connectivity index (χ0n) is 14.6. The van der Waals surface area contributed by atoms with Crippen molar-refractivity contribution >= 4 is 35.0 Å². The highest BCUT2D eigenvalue weighted by molar-refractivity contribution is 8.00. The summed E-state index contributed by atoms with van der Waals surface area (Å²) in [5, 5.41) is 11.5. The summed E-state index contributed by atoms with van der Waals surface area (Å²) in [6.07, 6.45) is 0. The van der Waals surface area contributed by atoms with Crippen LogP contribution >= 0.6 is 23.4 Å². The Bertz CT molecular complexity index is 925. The van der Waals surface area contributed by atoms with Crippen molar-refractivity contribution in [2.45, 2.75) is 31.2 Å². The summed E-state index contributed by atoms with van der Waals surface area (Å²) in [7, 11) is 0. The largest absolute Gasteiger partial charge is 0.411 e. The number of aromatic nitrogens is 2. The Balaban J connectivity index is 1.65. The number of amides is 1. The summed E-state index contributed by atoms with van der Waals surface area (Å²) in [4.78, 5) is 12.3. The first-order valence-corrected chi connectivity index (χ1v) is 9.32. The van der Waals surface area contributed by atoms with E-state index in [1.165, 1.54) is 17.3 Å². The fraction of sp³-hybridized carbons (Fsp3) is 0.211. The van der Waals surface area contributed by atoms with E-state index in [9.17, 15) is 4.79 Å². The van der Waals surface area contributed by atoms with Crippen LogP contribution in [0.2, 0.25) is 5.02 Å². The van der Waals surface area contributed by atoms with E-state index in [0.717, 1.165) is 11.1 Å². The average Bonchev–Trinajstić information content (AvgIpc) is 3.07. The fourth-order valence-electron chi connectivity index (χ4n) is 2.23. The summed E-state index contributed by atoms with van der Waals surface area (Å²) in [5.74, 6) is 0.296. The van der Waals surface area contributed by atoms with Crippen LogP contribution in [0, 0.1) is 13.8 Å². The molecule has 0 aliphatic rings. The predicted octanol–water partition coefficient (Wildman–Crippen LogP) is 5.13. The molecule has 7 heteroatoms. The van der Waals surface area contributed by atoms with Crippen molar-refractivity contribution in [3.8, 4) is 11.5 Å². The van der Waals surface area contributed by atoms with Gasteiger partial charge in [0.15, 0.2) is 0 Å². The minimum atomic E-state index is -0.390. The highest BCUT2D eigenvalue weighted by Crippen LogP contribution is 2.27. The third-order valence-electron chi connectivity index (χ3n) is 3.92. The van der Waals surface area contributed by atoms with Crippen LogP contribution in [0.25, 0.3) is 11.5 Å². The molecule has 1 aromatic heterocycles. The lowest BCUT2D eigenvalue weighted by Gasteiger charge is -2.09. The monoisotopic (exact) mass is 387 g/mol. The zero-order chi connectivity index (χ0) is 18.7. The molecule has 0 fully saturated rings. The van der Waals surface area contributed by atoms with Gasteiger partial charge in [0.05, 0.1) is 5.25 Å². The smallest absolute Gasteiger partial charge is 0.277 e. The number of carbonyl (C=O) groups is 1. The Morgan fingerprint density at radius 2 is 1.85 bits per heavy atom. The number of rotatable bonds is 5. The molecular formula is C19H18ClN3O2S. The van der Waals surface area contributed by atoms with Crippen LogP contribution in [-0.2, 0) is 4.79 Å². The number of hydrogen-bond acceptors (Lipinski definition) is 5. The van der Waals surface area contributed by atoms with Gasteiger partial charge in [-0.3, -0.25) is 4.79 Å². The van der Waals surface area contributed by atoms with Crippen LogP contribution in [0.5, 0.6) is 0 Å². The summed E-state index contributed by atoms with van der Waals surface area (Å²) in [5.41, 5.74) is 3.92. The maximum Gasteiger partial charge on any atom is 0.277 e. The molecule has 3 rings (SSSR count). The number of halogens is 1. The second-order valence-electron chi connectivity index (χ2n) is 5.93. The number of carbonyl (C=O) groups excluding carboxylic acids is 1. The standard InChI is InChI=1S/C19H18ClN3O2S/c1-11-4-5-14(10-12(11)2)18-22-23-19(25-18)26-13(3)17(24)21-16-8-6-15(20)7-9-16/h4-10,13H,1-3H3,(H,21,24)/t13-/m0/s1. The van der Waals surface area contributed by atoms with Gasteiger partial charge >= 0.3 is 0 Å². The third kappa shape index (κ3) is 4.45. The van der Waals surface area contributed by atoms with Crippen LogP contribution in [0.1, 0.15) is 18.1 Å². The van der Waals surface area contributed by atoms with Crippen molar-refractivity contribution in [3.63, 3.8) is 0 Å². The van der Waals surface area contributed by atoms with E-state index in [2.05, 4.69) is 22.4 Å². The normalized spacial score (nSPS) is 12.0. The van der Waals surface area contributed by atoms with Gasteiger partial charge < -0.3 is 9.73 Å². The second-order valence-corrected chi connectivity index (χ2v) is 7.66. The van der Waals surface area contributed by atoms with E-state index in [4.69, 9.17) is 16.0 Å². The molecule has 0 unspecified atom stereocenters. The molecule has 0 aliphatic carbocycles. The number of benzene rings is 2. The minimum absolute atomic E-state index is 0.150. The van der Waals surface area contributed by atoms with E-state index in [0.29, 0.717) is 21.8 Å². The van der Waals surface area contributed by atoms with E-state index in [1.54, 1.807) is 31.2 Å². The Morgan fingerprint density at radius 1 is 1.12 bits per heavy atom. The Kier molecular flexibility index (Phi) is 5.64. The molecule has 5 nitrogen and oxygen atoms in total. The molecule has 1 heterocycles. The van der Waals surface area contributed by atoms with Crippen LogP contribution in [0.4, 0.5) is 5.69 Å². The molecule has 0 saturated heterocycles. The SMILES string of the molecule is Cc1ccc(-c2nnc(S[C@@H](C)C(=O)Nc3ccc(Cl)cc3)o2)cc1C. The molecule has 0 saturated carbocycles. The maximum absolute atomic E-state index is 12.3. The lowest BCUT2D eigenvalue weighted by Crippen LogP contribution is -2.22. The van der Waals surface area contributed by atoms with Crippen LogP contribution < -0.4 is 5.32 Å². The van der Waals surface area contributed by atoms with E-state index in [-0.39, 0.29) is 5.91 Å². The lowest BCUT2D eigenvalue weighted by atomic mass is 10.1. The molecule has 134 valence electrons. The van der Waals surface area contributed by atoms with Crippen LogP contribution in [-0.4, -0.2) is 21.4 Å². The first kappa shape index (κ1) is 18.5. The number of aryl methyl sites for hydroxylation is 2. The zero-order valence-corrected chi connectivity index (χ0v) is 16.2. The molecule has 1 atom stereocenters. The highest BCUT2D eigenvalue weighted by Gasteiger charge is 2.19. The van der Waals surface area contributed by atoms with Crippen molar-refractivity contribution < 1.29 is 9.21 Å². The Labute approximate surface area is 161 Å². The van der Waals surface area contributed by atoms with Gasteiger partial charge in [-0.2, -0.15) is 0 Å². The topological polar surface area (TPSA) is 68.0 Å². The highest BCUT2D eigenvalue weighted by atomic mass is 35.5. The molecular weight excluding hydrogens is 370 g/mol. The minimum Gasteiger partial charge on any atom is -0.411 e. The molecule has 2 aromatic carbocycles. The van der Waals surface area contributed by atoms with Gasteiger partial charge in [0.25, 0.3) is 5.22 Å². The molecule has 0 aliphatic heterocycles. The molecule has 1 amide bonds. The van der Waals surface area contributed by atoms with E-state index in [1.807, 2.05) is 25.1 Å². The van der Waals surface area contributed by atoms with Crippen molar-refractivity contribution in [2.24, 2.45) is 0 Å². The summed E-state index contributed by atoms with van der Waals surface area (Å²) in [6, 6.07) is 12.9. The maximum atomic E-state index is 12.3.